The van der Waals surface area contributed by atoms with E-state index in [1.807, 2.05) is 13.8 Å². The van der Waals surface area contributed by atoms with Gasteiger partial charge in [0.05, 0.1) is 6.10 Å². The smallest absolute Gasteiger partial charge is 0.0679 e. The van der Waals surface area contributed by atoms with Gasteiger partial charge in [0.15, 0.2) is 0 Å². The summed E-state index contributed by atoms with van der Waals surface area (Å²) in [6.45, 7) is 11.6. The molecule has 13 heavy (non-hydrogen) atoms. The molecule has 1 N–H and O–H groups in total. The Hall–Kier alpha value is -0.0800. The van der Waals surface area contributed by atoms with Gasteiger partial charge in [-0.15, -0.1) is 0 Å². The van der Waals surface area contributed by atoms with Crippen LogP contribution in [-0.2, 0) is 0 Å². The molecule has 0 radical (unpaired) electrons. The summed E-state index contributed by atoms with van der Waals surface area (Å²) in [4.78, 5) is 2.35. The lowest BCUT2D eigenvalue weighted by Gasteiger charge is -2.15. The molecule has 2 heteroatoms. The molecule has 0 bridgehead atoms. The lowest BCUT2D eigenvalue weighted by Crippen LogP contribution is -2.24. The second-order valence-corrected chi connectivity index (χ2v) is 3.93. The van der Waals surface area contributed by atoms with E-state index in [2.05, 4.69) is 18.7 Å². The van der Waals surface area contributed by atoms with Crippen molar-refractivity contribution in [1.82, 2.24) is 4.90 Å². The van der Waals surface area contributed by atoms with Gasteiger partial charge < -0.3 is 10.0 Å². The van der Waals surface area contributed by atoms with E-state index in [4.69, 9.17) is 0 Å². The number of aliphatic hydroxyl groups excluding tert-OH is 1. The molecule has 0 aromatic rings. The van der Waals surface area contributed by atoms with Crippen molar-refractivity contribution in [3.05, 3.63) is 0 Å². The number of likely N-dealkylation sites (tertiary alicyclic amines) is 1. The maximum atomic E-state index is 9.22. The van der Waals surface area contributed by atoms with Crippen molar-refractivity contribution >= 4 is 0 Å². The fraction of sp³-hybridized carbons (Fsp3) is 1.00. The molecular formula is C11H25NO. The SMILES string of the molecule is CC.CC(C)CCN1CCC(O)C1. The summed E-state index contributed by atoms with van der Waals surface area (Å²) in [7, 11) is 0. The Labute approximate surface area is 82.9 Å². The van der Waals surface area contributed by atoms with Crippen molar-refractivity contribution in [3.63, 3.8) is 0 Å². The van der Waals surface area contributed by atoms with Gasteiger partial charge >= 0.3 is 0 Å². The van der Waals surface area contributed by atoms with Crippen molar-refractivity contribution in [1.29, 1.82) is 0 Å². The van der Waals surface area contributed by atoms with E-state index in [0.29, 0.717) is 0 Å². The molecule has 0 spiro atoms. The molecule has 1 rings (SSSR count). The summed E-state index contributed by atoms with van der Waals surface area (Å²) in [6.07, 6.45) is 2.17. The van der Waals surface area contributed by atoms with Crippen LogP contribution in [0.5, 0.6) is 0 Å². The normalized spacial score (nSPS) is 23.1. The minimum Gasteiger partial charge on any atom is -0.392 e. The van der Waals surface area contributed by atoms with E-state index in [0.717, 1.165) is 32.0 Å². The van der Waals surface area contributed by atoms with Crippen molar-refractivity contribution in [3.8, 4) is 0 Å². The number of hydrogen-bond acceptors (Lipinski definition) is 2. The largest absolute Gasteiger partial charge is 0.392 e. The molecule has 0 aromatic heterocycles. The zero-order valence-electron chi connectivity index (χ0n) is 9.58. The highest BCUT2D eigenvalue weighted by Crippen LogP contribution is 2.10. The zero-order chi connectivity index (χ0) is 10.3. The molecule has 0 aromatic carbocycles. The fourth-order valence-electron chi connectivity index (χ4n) is 1.46. The number of rotatable bonds is 3. The average molecular weight is 187 g/mol. The van der Waals surface area contributed by atoms with Crippen molar-refractivity contribution < 1.29 is 5.11 Å². The standard InChI is InChI=1S/C9H19NO.C2H6/c1-8(2)3-5-10-6-4-9(11)7-10;1-2/h8-9,11H,3-7H2,1-2H3;1-2H3. The number of nitrogens with zero attached hydrogens (tertiary/aromatic N) is 1. The Morgan fingerprint density at radius 1 is 1.38 bits per heavy atom. The molecule has 80 valence electrons. The lowest BCUT2D eigenvalue weighted by atomic mass is 10.1. The Kier molecular flexibility index (Phi) is 7.29. The van der Waals surface area contributed by atoms with Crippen LogP contribution in [0.4, 0.5) is 0 Å². The molecule has 0 aliphatic carbocycles. The second-order valence-electron chi connectivity index (χ2n) is 3.93. The Balaban J connectivity index is 0.000000671. The van der Waals surface area contributed by atoms with Crippen LogP contribution >= 0.6 is 0 Å². The maximum Gasteiger partial charge on any atom is 0.0679 e. The summed E-state index contributed by atoms with van der Waals surface area (Å²) in [6, 6.07) is 0. The fourth-order valence-corrected chi connectivity index (χ4v) is 1.46. The van der Waals surface area contributed by atoms with Gasteiger partial charge in [-0.1, -0.05) is 27.7 Å². The molecule has 1 saturated heterocycles. The van der Waals surface area contributed by atoms with Crippen LogP contribution in [0, 0.1) is 5.92 Å². The van der Waals surface area contributed by atoms with Crippen LogP contribution < -0.4 is 0 Å². The Morgan fingerprint density at radius 3 is 2.38 bits per heavy atom. The zero-order valence-corrected chi connectivity index (χ0v) is 9.58. The van der Waals surface area contributed by atoms with E-state index < -0.39 is 0 Å². The minimum absolute atomic E-state index is 0.0536. The molecule has 1 unspecified atom stereocenters. The van der Waals surface area contributed by atoms with Gasteiger partial charge in [0, 0.05) is 13.1 Å². The highest BCUT2D eigenvalue weighted by atomic mass is 16.3. The van der Waals surface area contributed by atoms with Gasteiger partial charge in [0.25, 0.3) is 0 Å². The molecule has 0 amide bonds. The molecule has 1 fully saturated rings. The van der Waals surface area contributed by atoms with Crippen LogP contribution in [-0.4, -0.2) is 35.7 Å². The van der Waals surface area contributed by atoms with Crippen LogP contribution in [0.1, 0.15) is 40.5 Å². The highest BCUT2D eigenvalue weighted by Gasteiger charge is 2.19. The first kappa shape index (κ1) is 12.9. The molecule has 1 aliphatic rings. The van der Waals surface area contributed by atoms with Crippen molar-refractivity contribution in [2.24, 2.45) is 5.92 Å². The van der Waals surface area contributed by atoms with Gasteiger partial charge in [-0.2, -0.15) is 0 Å². The summed E-state index contributed by atoms with van der Waals surface area (Å²) in [5.74, 6) is 0.785. The third-order valence-electron chi connectivity index (χ3n) is 2.27. The first-order valence-electron chi connectivity index (χ1n) is 5.59. The van der Waals surface area contributed by atoms with E-state index in [-0.39, 0.29) is 6.10 Å². The van der Waals surface area contributed by atoms with Crippen molar-refractivity contribution in [2.75, 3.05) is 19.6 Å². The highest BCUT2D eigenvalue weighted by molar-refractivity contribution is 4.74. The molecule has 1 aliphatic heterocycles. The van der Waals surface area contributed by atoms with Gasteiger partial charge in [0.1, 0.15) is 0 Å². The van der Waals surface area contributed by atoms with E-state index in [9.17, 15) is 5.11 Å². The monoisotopic (exact) mass is 187 g/mol. The number of β-amino-alcohol motifs (C(OH)–C–C–N with tert-alkyl or cyclic N) is 1. The van der Waals surface area contributed by atoms with Crippen LogP contribution in [0.3, 0.4) is 0 Å². The first-order chi connectivity index (χ1) is 6.18. The quantitative estimate of drug-likeness (QED) is 0.731. The first-order valence-corrected chi connectivity index (χ1v) is 5.59. The Bertz CT molecular complexity index is 115. The predicted molar refractivity (Wildman–Crippen MR) is 57.9 cm³/mol. The molecular weight excluding hydrogens is 162 g/mol. The average Bonchev–Trinajstić information content (AvgIpc) is 2.52. The van der Waals surface area contributed by atoms with E-state index >= 15 is 0 Å². The number of aliphatic hydroxyl groups is 1. The molecule has 2 nitrogen and oxygen atoms in total. The summed E-state index contributed by atoms with van der Waals surface area (Å²) in [5, 5.41) is 9.22. The lowest BCUT2D eigenvalue weighted by molar-refractivity contribution is 0.174. The molecule has 0 saturated carbocycles. The van der Waals surface area contributed by atoms with E-state index in [1.54, 1.807) is 0 Å². The van der Waals surface area contributed by atoms with Gasteiger partial charge in [-0.25, -0.2) is 0 Å². The van der Waals surface area contributed by atoms with Gasteiger partial charge in [-0.05, 0) is 25.3 Å². The van der Waals surface area contributed by atoms with E-state index in [1.165, 1.54) is 6.42 Å². The third kappa shape index (κ3) is 6.05. The second kappa shape index (κ2) is 7.34. The van der Waals surface area contributed by atoms with Crippen molar-refractivity contribution in [2.45, 2.75) is 46.6 Å². The summed E-state index contributed by atoms with van der Waals surface area (Å²) >= 11 is 0. The van der Waals surface area contributed by atoms with Gasteiger partial charge in [-0.3, -0.25) is 0 Å². The minimum atomic E-state index is -0.0536. The Morgan fingerprint density at radius 2 is 2.00 bits per heavy atom. The summed E-state index contributed by atoms with van der Waals surface area (Å²) in [5.41, 5.74) is 0. The predicted octanol–water partition coefficient (Wildman–Crippen LogP) is 2.13. The molecule has 1 atom stereocenters. The van der Waals surface area contributed by atoms with Crippen LogP contribution in [0.25, 0.3) is 0 Å². The topological polar surface area (TPSA) is 23.5 Å². The number of hydrogen-bond donors (Lipinski definition) is 1. The van der Waals surface area contributed by atoms with Crippen LogP contribution in [0.2, 0.25) is 0 Å². The van der Waals surface area contributed by atoms with Gasteiger partial charge in [0.2, 0.25) is 0 Å². The van der Waals surface area contributed by atoms with Crippen LogP contribution in [0.15, 0.2) is 0 Å². The summed E-state index contributed by atoms with van der Waals surface area (Å²) < 4.78 is 0. The molecule has 1 heterocycles. The maximum absolute atomic E-state index is 9.22. The third-order valence-corrected chi connectivity index (χ3v) is 2.27.